The van der Waals surface area contributed by atoms with Crippen molar-refractivity contribution in [3.05, 3.63) is 72.6 Å². The maximum absolute atomic E-state index is 13.0. The van der Waals surface area contributed by atoms with E-state index < -0.39 is 6.04 Å². The Morgan fingerprint density at radius 1 is 1.03 bits per heavy atom. The number of carbonyl (C=O) groups is 2. The molecule has 0 aliphatic carbocycles. The third-order valence-corrected chi connectivity index (χ3v) is 7.23. The van der Waals surface area contributed by atoms with Crippen LogP contribution < -0.4 is 15.0 Å². The highest BCUT2D eigenvalue weighted by atomic mass is 32.1. The van der Waals surface area contributed by atoms with Crippen LogP contribution in [0.3, 0.4) is 0 Å². The molecule has 3 heterocycles. The number of rotatable bonds is 6. The van der Waals surface area contributed by atoms with E-state index in [1.54, 1.807) is 20.1 Å². The zero-order chi connectivity index (χ0) is 24.4. The molecule has 0 spiro atoms. The van der Waals surface area contributed by atoms with Gasteiger partial charge in [-0.1, -0.05) is 23.5 Å². The van der Waals surface area contributed by atoms with Crippen LogP contribution in [0.15, 0.2) is 67.0 Å². The van der Waals surface area contributed by atoms with Gasteiger partial charge in [-0.15, -0.1) is 0 Å². The van der Waals surface area contributed by atoms with Crippen LogP contribution in [0, 0.1) is 0 Å². The second kappa shape index (κ2) is 9.79. The van der Waals surface area contributed by atoms with Gasteiger partial charge >= 0.3 is 0 Å². The fourth-order valence-corrected chi connectivity index (χ4v) is 5.27. The molecule has 2 aromatic heterocycles. The first kappa shape index (κ1) is 22.9. The number of ether oxygens (including phenoxy) is 1. The number of hydrogen-bond donors (Lipinski definition) is 1. The first-order valence-electron chi connectivity index (χ1n) is 11.5. The molecular weight excluding hydrogens is 462 g/mol. The van der Waals surface area contributed by atoms with Crippen molar-refractivity contribution in [2.75, 3.05) is 38.2 Å². The van der Waals surface area contributed by atoms with E-state index in [2.05, 4.69) is 15.2 Å². The molecule has 0 bridgehead atoms. The average molecular weight is 490 g/mol. The van der Waals surface area contributed by atoms with Gasteiger partial charge in [0.25, 0.3) is 5.91 Å². The number of hydrogen-bond acceptors (Lipinski definition) is 6. The number of methoxy groups -OCH3 is 1. The molecule has 8 nitrogen and oxygen atoms in total. The fraction of sp³-hybridized carbons (Fsp3) is 0.269. The van der Waals surface area contributed by atoms with E-state index in [1.807, 2.05) is 70.4 Å². The number of carbonyl (C=O) groups excluding carboxylic acids is 2. The number of para-hydroxylation sites is 2. The van der Waals surface area contributed by atoms with Gasteiger partial charge in [-0.05, 0) is 49.4 Å². The van der Waals surface area contributed by atoms with E-state index >= 15 is 0 Å². The summed E-state index contributed by atoms with van der Waals surface area (Å²) in [4.78, 5) is 34.6. The van der Waals surface area contributed by atoms with Gasteiger partial charge < -0.3 is 24.4 Å². The van der Waals surface area contributed by atoms with E-state index in [4.69, 9.17) is 4.74 Å². The van der Waals surface area contributed by atoms with Gasteiger partial charge in [-0.2, -0.15) is 0 Å². The highest BCUT2D eigenvalue weighted by Gasteiger charge is 2.27. The van der Waals surface area contributed by atoms with Crippen LogP contribution in [0.4, 0.5) is 5.69 Å². The molecule has 1 saturated heterocycles. The SMILES string of the molecule is COc1ccccc1N1CCN(C(=O)C(C)NC(=O)c2ccc3nc(-n4cccc4)sc3c2)CC1. The summed E-state index contributed by atoms with van der Waals surface area (Å²) in [6, 6.07) is 16.6. The van der Waals surface area contributed by atoms with Crippen molar-refractivity contribution in [2.45, 2.75) is 13.0 Å². The van der Waals surface area contributed by atoms with Gasteiger partial charge in [0.1, 0.15) is 11.8 Å². The lowest BCUT2D eigenvalue weighted by Gasteiger charge is -2.37. The number of fused-ring (bicyclic) bond motifs is 1. The number of benzene rings is 2. The smallest absolute Gasteiger partial charge is 0.251 e. The van der Waals surface area contributed by atoms with Gasteiger partial charge in [0.05, 0.1) is 23.0 Å². The topological polar surface area (TPSA) is 79.7 Å². The van der Waals surface area contributed by atoms with Crippen molar-refractivity contribution in [1.29, 1.82) is 0 Å². The number of thiazole rings is 1. The van der Waals surface area contributed by atoms with Crippen LogP contribution in [-0.2, 0) is 4.79 Å². The summed E-state index contributed by atoms with van der Waals surface area (Å²) in [5.74, 6) is 0.481. The number of aromatic nitrogens is 2. The Morgan fingerprint density at radius 2 is 1.77 bits per heavy atom. The Bertz CT molecular complexity index is 1340. The van der Waals surface area contributed by atoms with E-state index in [9.17, 15) is 9.59 Å². The molecule has 35 heavy (non-hydrogen) atoms. The molecule has 0 saturated carbocycles. The van der Waals surface area contributed by atoms with Crippen molar-refractivity contribution >= 4 is 39.1 Å². The summed E-state index contributed by atoms with van der Waals surface area (Å²) in [5, 5.41) is 3.71. The predicted octanol–water partition coefficient (Wildman–Crippen LogP) is 3.56. The molecule has 1 aliphatic heterocycles. The highest BCUT2D eigenvalue weighted by molar-refractivity contribution is 7.20. The lowest BCUT2D eigenvalue weighted by molar-refractivity contribution is -0.133. The summed E-state index contributed by atoms with van der Waals surface area (Å²) in [6.07, 6.45) is 3.88. The lowest BCUT2D eigenvalue weighted by Crippen LogP contribution is -2.54. The molecule has 2 amide bonds. The minimum Gasteiger partial charge on any atom is -0.495 e. The summed E-state index contributed by atoms with van der Waals surface area (Å²) in [5.41, 5.74) is 2.38. The molecule has 1 atom stereocenters. The summed E-state index contributed by atoms with van der Waals surface area (Å²) < 4.78 is 8.34. The molecule has 1 N–H and O–H groups in total. The van der Waals surface area contributed by atoms with Crippen molar-refractivity contribution in [1.82, 2.24) is 19.8 Å². The monoisotopic (exact) mass is 489 g/mol. The second-order valence-corrected chi connectivity index (χ2v) is 9.46. The predicted molar refractivity (Wildman–Crippen MR) is 138 cm³/mol. The summed E-state index contributed by atoms with van der Waals surface area (Å²) in [7, 11) is 1.66. The number of nitrogens with one attached hydrogen (secondary N) is 1. The first-order valence-corrected chi connectivity index (χ1v) is 12.4. The molecule has 1 aliphatic rings. The Morgan fingerprint density at radius 3 is 2.51 bits per heavy atom. The van der Waals surface area contributed by atoms with Gasteiger partial charge in [0.2, 0.25) is 5.91 Å². The molecule has 0 radical (unpaired) electrons. The lowest BCUT2D eigenvalue weighted by atomic mass is 10.1. The maximum Gasteiger partial charge on any atom is 0.251 e. The quantitative estimate of drug-likeness (QED) is 0.448. The van der Waals surface area contributed by atoms with Crippen molar-refractivity contribution < 1.29 is 14.3 Å². The fourth-order valence-electron chi connectivity index (χ4n) is 4.30. The minimum absolute atomic E-state index is 0.0770. The van der Waals surface area contributed by atoms with Crippen molar-refractivity contribution in [3.8, 4) is 10.9 Å². The van der Waals surface area contributed by atoms with E-state index in [-0.39, 0.29) is 11.8 Å². The standard InChI is InChI=1S/C26H27N5O3S/c1-18(25(33)30-15-13-29(14-16-30)21-7-3-4-8-22(21)34-2)27-24(32)19-9-10-20-23(17-19)35-26(28-20)31-11-5-6-12-31/h3-12,17-18H,13-16H2,1-2H3,(H,27,32). The van der Waals surface area contributed by atoms with Crippen LogP contribution in [-0.4, -0.2) is 65.6 Å². The molecule has 2 aromatic carbocycles. The van der Waals surface area contributed by atoms with Crippen molar-refractivity contribution in [2.24, 2.45) is 0 Å². The van der Waals surface area contributed by atoms with Crippen LogP contribution >= 0.6 is 11.3 Å². The van der Waals surface area contributed by atoms with Gasteiger partial charge in [-0.3, -0.25) is 9.59 Å². The zero-order valence-corrected chi connectivity index (χ0v) is 20.5. The summed E-state index contributed by atoms with van der Waals surface area (Å²) in [6.45, 7) is 4.33. The molecule has 9 heteroatoms. The third-order valence-electron chi connectivity index (χ3n) is 6.20. The maximum atomic E-state index is 13.0. The molecule has 4 aromatic rings. The molecule has 1 fully saturated rings. The van der Waals surface area contributed by atoms with Gasteiger partial charge in [0.15, 0.2) is 5.13 Å². The second-order valence-electron chi connectivity index (χ2n) is 8.45. The highest BCUT2D eigenvalue weighted by Crippen LogP contribution is 2.29. The van der Waals surface area contributed by atoms with Crippen LogP contribution in [0.25, 0.3) is 15.3 Å². The zero-order valence-electron chi connectivity index (χ0n) is 19.7. The Balaban J connectivity index is 1.20. The van der Waals surface area contributed by atoms with Crippen LogP contribution in [0.2, 0.25) is 0 Å². The molecule has 180 valence electrons. The summed E-state index contributed by atoms with van der Waals surface area (Å²) >= 11 is 1.52. The Labute approximate surface area is 207 Å². The number of amides is 2. The number of nitrogens with zero attached hydrogens (tertiary/aromatic N) is 4. The Kier molecular flexibility index (Phi) is 6.41. The number of anilines is 1. The van der Waals surface area contributed by atoms with E-state index in [1.165, 1.54) is 11.3 Å². The van der Waals surface area contributed by atoms with Crippen molar-refractivity contribution in [3.63, 3.8) is 0 Å². The normalized spacial score (nSPS) is 14.7. The molecule has 5 rings (SSSR count). The number of piperazine rings is 1. The third kappa shape index (κ3) is 4.72. The van der Waals surface area contributed by atoms with Crippen LogP contribution in [0.5, 0.6) is 5.75 Å². The molecule has 1 unspecified atom stereocenters. The van der Waals surface area contributed by atoms with Gasteiger partial charge in [-0.25, -0.2) is 4.98 Å². The van der Waals surface area contributed by atoms with Gasteiger partial charge in [0, 0.05) is 44.1 Å². The largest absolute Gasteiger partial charge is 0.495 e. The van der Waals surface area contributed by atoms with E-state index in [0.717, 1.165) is 26.8 Å². The minimum atomic E-state index is -0.618. The average Bonchev–Trinajstić information content (AvgIpc) is 3.58. The Hall–Kier alpha value is -3.85. The van der Waals surface area contributed by atoms with E-state index in [0.29, 0.717) is 31.7 Å². The first-order chi connectivity index (χ1) is 17.0. The molecular formula is C26H27N5O3S. The van der Waals surface area contributed by atoms with Crippen LogP contribution in [0.1, 0.15) is 17.3 Å².